The lowest BCUT2D eigenvalue weighted by Gasteiger charge is -2.27. The van der Waals surface area contributed by atoms with Crippen molar-refractivity contribution in [2.24, 2.45) is 0 Å². The van der Waals surface area contributed by atoms with Gasteiger partial charge in [-0.05, 0) is 130 Å². The zero-order valence-corrected chi connectivity index (χ0v) is 57.0. The number of benzene rings is 8. The van der Waals surface area contributed by atoms with E-state index in [1.807, 2.05) is 41.5 Å². The van der Waals surface area contributed by atoms with Gasteiger partial charge >= 0.3 is 52.4 Å². The summed E-state index contributed by atoms with van der Waals surface area (Å²) in [5.74, 6) is -3.02. The SMILES string of the molecule is CC(C)(C)c1cc2c(OS(=O)(=O)c3ccc(Br)cc3)c(c1)Cc1cc3cc(c1OS(=O)(=O)c1ccc(Br)cc1)Cc1cc(C(C)(C)C)cc(c1OS(=O)(=O)c1ccc(Br)cc1)Cc1cc(cc(c1OS(=O)(=O)c1ccc(Br)cc1)C2)CC(=O)OC(=O)C3. The van der Waals surface area contributed by atoms with Gasteiger partial charge in [-0.15, -0.1) is 0 Å². The molecule has 15 nitrogen and oxygen atoms in total. The Morgan fingerprint density at radius 3 is 0.713 bits per heavy atom. The maximum absolute atomic E-state index is 14.9. The van der Waals surface area contributed by atoms with E-state index in [9.17, 15) is 43.3 Å². The van der Waals surface area contributed by atoms with Crippen molar-refractivity contribution in [2.45, 2.75) is 110 Å². The first kappa shape index (κ1) is 63.8. The molecule has 0 saturated heterocycles. The van der Waals surface area contributed by atoms with E-state index in [1.54, 1.807) is 24.3 Å². The zero-order valence-electron chi connectivity index (χ0n) is 47.4. The summed E-state index contributed by atoms with van der Waals surface area (Å²) in [7, 11) is -19.1. The molecule has 0 saturated carbocycles. The van der Waals surface area contributed by atoms with Gasteiger partial charge in [-0.1, -0.05) is 154 Å². The van der Waals surface area contributed by atoms with Crippen LogP contribution in [0.3, 0.4) is 0 Å². The molecular formula is C64H54Br4O15S4. The second kappa shape index (κ2) is 24.3. The zero-order chi connectivity index (χ0) is 62.8. The first-order valence-electron chi connectivity index (χ1n) is 26.9. The molecule has 2 heterocycles. The van der Waals surface area contributed by atoms with Crippen molar-refractivity contribution in [1.29, 1.82) is 0 Å². The van der Waals surface area contributed by atoms with Gasteiger partial charge in [0.05, 0.1) is 12.8 Å². The molecule has 10 bridgehead atoms. The van der Waals surface area contributed by atoms with E-state index in [0.29, 0.717) is 29.0 Å². The third-order valence-electron chi connectivity index (χ3n) is 14.5. The lowest BCUT2D eigenvalue weighted by atomic mass is 9.81. The van der Waals surface area contributed by atoms with Crippen LogP contribution in [-0.2, 0) is 104 Å². The van der Waals surface area contributed by atoms with Crippen LogP contribution >= 0.6 is 63.7 Å². The van der Waals surface area contributed by atoms with Crippen molar-refractivity contribution >= 4 is 116 Å². The van der Waals surface area contributed by atoms with Gasteiger partial charge in [-0.3, -0.25) is 9.59 Å². The van der Waals surface area contributed by atoms with E-state index in [2.05, 4.69) is 63.7 Å². The van der Waals surface area contributed by atoms with E-state index in [-0.39, 0.29) is 124 Å². The third-order valence-corrected chi connectivity index (χ3v) is 21.5. The van der Waals surface area contributed by atoms with E-state index < -0.39 is 76.1 Å². The van der Waals surface area contributed by atoms with Crippen molar-refractivity contribution in [3.8, 4) is 23.0 Å². The Bertz CT molecular complexity index is 4170. The van der Waals surface area contributed by atoms with Crippen molar-refractivity contribution in [2.75, 3.05) is 0 Å². The molecule has 0 radical (unpaired) electrons. The Hall–Kier alpha value is -6.18. The van der Waals surface area contributed by atoms with E-state index in [0.717, 1.165) is 0 Å². The minimum atomic E-state index is -4.80. The summed E-state index contributed by atoms with van der Waals surface area (Å²) in [6.45, 7) is 11.6. The molecule has 0 aromatic heterocycles. The molecule has 11 rings (SSSR count). The Labute approximate surface area is 539 Å². The average molecular weight is 1510 g/mol. The molecule has 0 fully saturated rings. The molecule has 0 unspecified atom stereocenters. The summed E-state index contributed by atoms with van der Waals surface area (Å²) in [6, 6.07) is 35.8. The van der Waals surface area contributed by atoms with Crippen LogP contribution < -0.4 is 16.7 Å². The van der Waals surface area contributed by atoms with Crippen molar-refractivity contribution in [3.05, 3.63) is 230 Å². The second-order valence-corrected chi connectivity index (χ2v) is 33.0. The molecule has 0 N–H and O–H groups in total. The summed E-state index contributed by atoms with van der Waals surface area (Å²) >= 11 is 13.5. The molecule has 8 aromatic carbocycles. The van der Waals surface area contributed by atoms with Crippen molar-refractivity contribution < 1.29 is 64.7 Å². The van der Waals surface area contributed by atoms with Gasteiger partial charge in [0.2, 0.25) is 0 Å². The number of esters is 2. The molecule has 8 aromatic rings. The van der Waals surface area contributed by atoms with Gasteiger partial charge in [0.1, 0.15) is 42.6 Å². The molecule has 0 amide bonds. The van der Waals surface area contributed by atoms with E-state index in [1.165, 1.54) is 121 Å². The van der Waals surface area contributed by atoms with Gasteiger partial charge in [0.15, 0.2) is 0 Å². The minimum absolute atomic E-state index is 0.0652. The summed E-state index contributed by atoms with van der Waals surface area (Å²) in [4.78, 5) is 27.4. The monoisotopic (exact) mass is 1510 g/mol. The third kappa shape index (κ3) is 14.6. The van der Waals surface area contributed by atoms with Crippen LogP contribution in [0, 0.1) is 0 Å². The largest absolute Gasteiger partial charge is 0.393 e. The molecule has 1 aliphatic carbocycles. The van der Waals surface area contributed by atoms with Crippen molar-refractivity contribution in [1.82, 2.24) is 0 Å². The molecule has 2 aliphatic heterocycles. The van der Waals surface area contributed by atoms with Crippen molar-refractivity contribution in [3.63, 3.8) is 0 Å². The number of hydrogen-bond acceptors (Lipinski definition) is 15. The Balaban J connectivity index is 1.38. The van der Waals surface area contributed by atoms with E-state index in [4.69, 9.17) is 21.5 Å². The second-order valence-electron chi connectivity index (χ2n) is 23.1. The quantitative estimate of drug-likeness (QED) is 0.0631. The minimum Gasteiger partial charge on any atom is -0.393 e. The topological polar surface area (TPSA) is 217 Å². The number of fused-ring (bicyclic) bond motifs is 4. The van der Waals surface area contributed by atoms with Crippen LogP contribution in [-0.4, -0.2) is 45.6 Å². The average Bonchev–Trinajstić information content (AvgIpc) is 1.60. The van der Waals surface area contributed by atoms with Gasteiger partial charge in [0.25, 0.3) is 0 Å². The number of halogens is 4. The van der Waals surface area contributed by atoms with Gasteiger partial charge in [0, 0.05) is 88.1 Å². The number of carbonyl (C=O) groups is 2. The molecule has 0 atom stereocenters. The fourth-order valence-corrected chi connectivity index (χ4v) is 15.2. The normalized spacial score (nSPS) is 14.1. The molecule has 23 heteroatoms. The van der Waals surface area contributed by atoms with Gasteiger partial charge < -0.3 is 21.5 Å². The van der Waals surface area contributed by atoms with Crippen LogP contribution in [0.4, 0.5) is 0 Å². The fourth-order valence-electron chi connectivity index (χ4n) is 10.1. The Morgan fingerprint density at radius 2 is 0.517 bits per heavy atom. The summed E-state index contributed by atoms with van der Waals surface area (Å²) in [5.41, 5.74) is 1.18. The van der Waals surface area contributed by atoms with Gasteiger partial charge in [-0.2, -0.15) is 33.7 Å². The number of rotatable bonds is 12. The molecule has 452 valence electrons. The highest BCUT2D eigenvalue weighted by atomic mass is 79.9. The smallest absolute Gasteiger partial charge is 0.339 e. The van der Waals surface area contributed by atoms with Crippen LogP contribution in [0.15, 0.2) is 183 Å². The highest BCUT2D eigenvalue weighted by Crippen LogP contribution is 2.45. The first-order valence-corrected chi connectivity index (χ1v) is 35.7. The first-order chi connectivity index (χ1) is 40.7. The maximum Gasteiger partial charge on any atom is 0.339 e. The summed E-state index contributed by atoms with van der Waals surface area (Å²) in [5, 5.41) is 0. The standard InChI is InChI=1S/C64H54Br4O15S4/c1-63(2,3)47-33-43-29-39-23-37-25-41(59(39)80-84(71,72)53-15-7-49(65)8-16-53)31-45-35-48(64(4,5)6)36-46(62(45)83-87(77,78)56-21-13-52(68)14-22-56)32-42-26-38(28-58(70)79-57(69)27-37)24-40(60(42)81-85(73,74)54-17-9-50(66)10-18-54)30-44(34-47)61(43)82-86(75,76)55-19-11-51(67)12-20-55/h7-26,33-36H,27-32H2,1-6H3. The van der Waals surface area contributed by atoms with Crippen LogP contribution in [0.2, 0.25) is 0 Å². The van der Waals surface area contributed by atoms with Crippen LogP contribution in [0.5, 0.6) is 23.0 Å². The van der Waals surface area contributed by atoms with Crippen LogP contribution in [0.25, 0.3) is 0 Å². The lowest BCUT2D eigenvalue weighted by Crippen LogP contribution is -2.20. The molecule has 0 spiro atoms. The predicted molar refractivity (Wildman–Crippen MR) is 341 cm³/mol. The fraction of sp³-hybridized carbons (Fsp3) is 0.219. The Morgan fingerprint density at radius 1 is 0.322 bits per heavy atom. The van der Waals surface area contributed by atoms with Gasteiger partial charge in [-0.25, -0.2) is 0 Å². The molecule has 3 aliphatic rings. The van der Waals surface area contributed by atoms with Crippen LogP contribution in [0.1, 0.15) is 108 Å². The number of hydrogen-bond donors (Lipinski definition) is 0. The Kier molecular flexibility index (Phi) is 17.8. The number of ether oxygens (including phenoxy) is 1. The molecule has 87 heavy (non-hydrogen) atoms. The molecular weight excluding hydrogens is 1460 g/mol. The lowest BCUT2D eigenvalue weighted by molar-refractivity contribution is -0.158. The predicted octanol–water partition coefficient (Wildman–Crippen LogP) is 14.2. The highest BCUT2D eigenvalue weighted by Gasteiger charge is 2.34. The maximum atomic E-state index is 14.9. The highest BCUT2D eigenvalue weighted by molar-refractivity contribution is 9.11. The summed E-state index contributed by atoms with van der Waals surface area (Å²) < 4.78 is 152. The number of carbonyl (C=O) groups excluding carboxylic acids is 2. The summed E-state index contributed by atoms with van der Waals surface area (Å²) in [6.07, 6.45) is -2.70. The van der Waals surface area contributed by atoms with E-state index >= 15 is 0 Å².